The number of carbonyl (C=O) groups is 4. The molecule has 112 valence electrons. The summed E-state index contributed by atoms with van der Waals surface area (Å²) in [6, 6.07) is 4.04. The molecule has 4 N–H and O–H groups in total. The predicted octanol–water partition coefficient (Wildman–Crippen LogP) is 1.63. The van der Waals surface area contributed by atoms with Gasteiger partial charge < -0.3 is 20.4 Å². The molecule has 0 saturated heterocycles. The molecule has 0 unspecified atom stereocenters. The van der Waals surface area contributed by atoms with Crippen LogP contribution >= 0.6 is 0 Å². The minimum Gasteiger partial charge on any atom is -0.478 e. The molecule has 0 spiro atoms. The van der Waals surface area contributed by atoms with E-state index in [-0.39, 0.29) is 16.3 Å². The highest BCUT2D eigenvalue weighted by molar-refractivity contribution is 6.18. The van der Waals surface area contributed by atoms with Crippen molar-refractivity contribution in [1.82, 2.24) is 0 Å². The molecule has 0 aliphatic carbocycles. The van der Waals surface area contributed by atoms with E-state index in [0.29, 0.717) is 0 Å². The molecular weight excluding hydrogens is 296 g/mol. The Bertz CT molecular complexity index is 850. The lowest BCUT2D eigenvalue weighted by atomic mass is 9.93. The van der Waals surface area contributed by atoms with Crippen molar-refractivity contribution in [2.24, 2.45) is 0 Å². The van der Waals surface area contributed by atoms with E-state index in [4.69, 9.17) is 10.2 Å². The van der Waals surface area contributed by atoms with Gasteiger partial charge in [-0.15, -0.1) is 0 Å². The average molecular weight is 304 g/mol. The normalized spacial score (nSPS) is 10.4. The van der Waals surface area contributed by atoms with Crippen LogP contribution in [0.5, 0.6) is 0 Å². The van der Waals surface area contributed by atoms with Gasteiger partial charge >= 0.3 is 23.9 Å². The standard InChI is InChI=1S/C14H8O8/c15-11(16)6-3-5-1-2-7(12(17)18)10(14(21)22)9(5)8(4-6)13(19)20/h1-4H,(H,15,16)(H,17,18)(H,19,20)(H,21,22). The molecule has 0 radical (unpaired) electrons. The van der Waals surface area contributed by atoms with Crippen molar-refractivity contribution in [3.63, 3.8) is 0 Å². The molecule has 0 aliphatic heterocycles. The summed E-state index contributed by atoms with van der Waals surface area (Å²) in [6.45, 7) is 0. The summed E-state index contributed by atoms with van der Waals surface area (Å²) >= 11 is 0. The summed E-state index contributed by atoms with van der Waals surface area (Å²) in [5, 5.41) is 36.1. The Morgan fingerprint density at radius 1 is 0.682 bits per heavy atom. The van der Waals surface area contributed by atoms with Crippen molar-refractivity contribution in [3.8, 4) is 0 Å². The second-order valence-corrected chi connectivity index (χ2v) is 4.33. The van der Waals surface area contributed by atoms with Crippen molar-refractivity contribution < 1.29 is 39.6 Å². The molecule has 0 saturated carbocycles. The van der Waals surface area contributed by atoms with Crippen LogP contribution in [0.3, 0.4) is 0 Å². The molecule has 0 heterocycles. The largest absolute Gasteiger partial charge is 0.478 e. The van der Waals surface area contributed by atoms with Gasteiger partial charge in [0, 0.05) is 5.39 Å². The van der Waals surface area contributed by atoms with Crippen LogP contribution in [0, 0.1) is 0 Å². The highest BCUT2D eigenvalue weighted by Gasteiger charge is 2.24. The van der Waals surface area contributed by atoms with Crippen LogP contribution in [0.25, 0.3) is 10.8 Å². The fraction of sp³-hybridized carbons (Fsp3) is 0. The Morgan fingerprint density at radius 2 is 1.27 bits per heavy atom. The number of aromatic carboxylic acids is 4. The summed E-state index contributed by atoms with van der Waals surface area (Å²) in [6.07, 6.45) is 0. The number of fused-ring (bicyclic) bond motifs is 1. The van der Waals surface area contributed by atoms with E-state index >= 15 is 0 Å². The maximum Gasteiger partial charge on any atom is 0.337 e. The zero-order valence-electron chi connectivity index (χ0n) is 10.7. The third-order valence-corrected chi connectivity index (χ3v) is 3.04. The van der Waals surface area contributed by atoms with E-state index in [1.807, 2.05) is 0 Å². The average Bonchev–Trinajstić information content (AvgIpc) is 2.43. The van der Waals surface area contributed by atoms with Crippen LogP contribution in [0.2, 0.25) is 0 Å². The van der Waals surface area contributed by atoms with E-state index in [1.165, 1.54) is 6.07 Å². The van der Waals surface area contributed by atoms with Gasteiger partial charge in [0.2, 0.25) is 0 Å². The van der Waals surface area contributed by atoms with Crippen LogP contribution in [0.1, 0.15) is 41.4 Å². The second kappa shape index (κ2) is 5.17. The summed E-state index contributed by atoms with van der Waals surface area (Å²) in [5.41, 5.74) is -2.20. The quantitative estimate of drug-likeness (QED) is 0.665. The summed E-state index contributed by atoms with van der Waals surface area (Å²) in [5.74, 6) is -6.09. The molecule has 2 aromatic rings. The molecule has 0 amide bonds. The fourth-order valence-corrected chi connectivity index (χ4v) is 2.16. The molecule has 8 nitrogen and oxygen atoms in total. The van der Waals surface area contributed by atoms with Crippen LogP contribution in [0.4, 0.5) is 0 Å². The number of carboxylic acid groups (broad SMARTS) is 4. The number of carboxylic acids is 4. The van der Waals surface area contributed by atoms with E-state index in [2.05, 4.69) is 0 Å². The van der Waals surface area contributed by atoms with Gasteiger partial charge in [-0.2, -0.15) is 0 Å². The monoisotopic (exact) mass is 304 g/mol. The molecule has 0 fully saturated rings. The Hall–Kier alpha value is -3.42. The minimum absolute atomic E-state index is 0.0136. The third-order valence-electron chi connectivity index (χ3n) is 3.04. The fourth-order valence-electron chi connectivity index (χ4n) is 2.16. The highest BCUT2D eigenvalue weighted by atomic mass is 16.4. The zero-order valence-corrected chi connectivity index (χ0v) is 10.7. The lowest BCUT2D eigenvalue weighted by Crippen LogP contribution is -2.12. The Balaban J connectivity index is 3.06. The zero-order chi connectivity index (χ0) is 16.6. The minimum atomic E-state index is -1.62. The predicted molar refractivity (Wildman–Crippen MR) is 71.8 cm³/mol. The smallest absolute Gasteiger partial charge is 0.337 e. The molecule has 8 heteroatoms. The van der Waals surface area contributed by atoms with Gasteiger partial charge in [-0.05, 0) is 23.6 Å². The molecule has 0 atom stereocenters. The highest BCUT2D eigenvalue weighted by Crippen LogP contribution is 2.28. The topological polar surface area (TPSA) is 149 Å². The van der Waals surface area contributed by atoms with Gasteiger partial charge in [-0.25, -0.2) is 19.2 Å². The van der Waals surface area contributed by atoms with E-state index in [9.17, 15) is 29.4 Å². The number of hydrogen-bond acceptors (Lipinski definition) is 4. The van der Waals surface area contributed by atoms with Gasteiger partial charge in [0.05, 0.1) is 22.3 Å². The van der Waals surface area contributed by atoms with Crippen LogP contribution in [-0.2, 0) is 0 Å². The van der Waals surface area contributed by atoms with Crippen LogP contribution in [-0.4, -0.2) is 44.3 Å². The summed E-state index contributed by atoms with van der Waals surface area (Å²) in [4.78, 5) is 44.8. The third kappa shape index (κ3) is 2.33. The molecule has 0 aromatic heterocycles. The van der Waals surface area contributed by atoms with E-state index in [1.54, 1.807) is 0 Å². The number of rotatable bonds is 4. The van der Waals surface area contributed by atoms with Crippen molar-refractivity contribution in [3.05, 3.63) is 46.5 Å². The first-order chi connectivity index (χ1) is 10.2. The molecule has 2 rings (SSSR count). The SMILES string of the molecule is O=C(O)c1cc(C(=O)O)c2c(C(=O)O)c(C(=O)O)ccc2c1. The first kappa shape index (κ1) is 15.0. The first-order valence-corrected chi connectivity index (χ1v) is 5.78. The lowest BCUT2D eigenvalue weighted by Gasteiger charge is -2.10. The number of benzene rings is 2. The van der Waals surface area contributed by atoms with E-state index < -0.39 is 40.6 Å². The maximum atomic E-state index is 11.4. The van der Waals surface area contributed by atoms with Gasteiger partial charge in [-0.1, -0.05) is 6.07 Å². The molecular formula is C14H8O8. The van der Waals surface area contributed by atoms with E-state index in [0.717, 1.165) is 18.2 Å². The number of hydrogen-bond donors (Lipinski definition) is 4. The van der Waals surface area contributed by atoms with Crippen LogP contribution in [0.15, 0.2) is 24.3 Å². The van der Waals surface area contributed by atoms with Gasteiger partial charge in [0.1, 0.15) is 0 Å². The maximum absolute atomic E-state index is 11.4. The van der Waals surface area contributed by atoms with Crippen molar-refractivity contribution in [2.75, 3.05) is 0 Å². The van der Waals surface area contributed by atoms with Crippen molar-refractivity contribution in [1.29, 1.82) is 0 Å². The lowest BCUT2D eigenvalue weighted by molar-refractivity contribution is 0.0652. The summed E-state index contributed by atoms with van der Waals surface area (Å²) in [7, 11) is 0. The Kier molecular flexibility index (Phi) is 3.52. The van der Waals surface area contributed by atoms with Crippen molar-refractivity contribution in [2.45, 2.75) is 0 Å². The Labute approximate surface area is 121 Å². The van der Waals surface area contributed by atoms with Gasteiger partial charge in [0.25, 0.3) is 0 Å². The van der Waals surface area contributed by atoms with Gasteiger partial charge in [0.15, 0.2) is 0 Å². The first-order valence-electron chi connectivity index (χ1n) is 5.78. The molecule has 22 heavy (non-hydrogen) atoms. The molecule has 0 aliphatic rings. The summed E-state index contributed by atoms with van der Waals surface area (Å²) < 4.78 is 0. The Morgan fingerprint density at radius 3 is 1.73 bits per heavy atom. The van der Waals surface area contributed by atoms with Gasteiger partial charge in [-0.3, -0.25) is 0 Å². The molecule has 0 bridgehead atoms. The molecule has 2 aromatic carbocycles. The van der Waals surface area contributed by atoms with Crippen molar-refractivity contribution >= 4 is 34.6 Å². The van der Waals surface area contributed by atoms with Crippen LogP contribution < -0.4 is 0 Å². The second-order valence-electron chi connectivity index (χ2n) is 4.33.